The Hall–Kier alpha value is -2.27. The van der Waals surface area contributed by atoms with Gasteiger partial charge in [-0.05, 0) is 31.2 Å². The van der Waals surface area contributed by atoms with Gasteiger partial charge in [-0.3, -0.25) is 9.97 Å². The molecule has 20 heavy (non-hydrogen) atoms. The molecule has 0 saturated carbocycles. The summed E-state index contributed by atoms with van der Waals surface area (Å²) in [6, 6.07) is 9.49. The summed E-state index contributed by atoms with van der Waals surface area (Å²) in [5.74, 6) is -0.376. The SMILES string of the molecule is COC(=O)c1ccc(CNC(C)c2ccccn2)nc1. The Morgan fingerprint density at radius 2 is 2.15 bits per heavy atom. The fourth-order valence-corrected chi connectivity index (χ4v) is 1.76. The van der Waals surface area contributed by atoms with Gasteiger partial charge >= 0.3 is 5.97 Å². The molecule has 2 aromatic rings. The van der Waals surface area contributed by atoms with Crippen LogP contribution in [0.2, 0.25) is 0 Å². The third-order valence-electron chi connectivity index (χ3n) is 2.97. The summed E-state index contributed by atoms with van der Waals surface area (Å²) in [6.07, 6.45) is 3.30. The summed E-state index contributed by atoms with van der Waals surface area (Å²) in [6.45, 7) is 2.66. The minimum absolute atomic E-state index is 0.137. The van der Waals surface area contributed by atoms with E-state index in [1.54, 1.807) is 12.3 Å². The summed E-state index contributed by atoms with van der Waals surface area (Å²) in [5, 5.41) is 3.34. The van der Waals surface area contributed by atoms with E-state index in [4.69, 9.17) is 0 Å². The van der Waals surface area contributed by atoms with Gasteiger partial charge in [0.05, 0.1) is 24.1 Å². The minimum atomic E-state index is -0.376. The lowest BCUT2D eigenvalue weighted by Crippen LogP contribution is -2.19. The van der Waals surface area contributed by atoms with Crippen molar-refractivity contribution in [2.75, 3.05) is 7.11 Å². The number of aromatic nitrogens is 2. The van der Waals surface area contributed by atoms with Crippen molar-refractivity contribution in [1.29, 1.82) is 0 Å². The third kappa shape index (κ3) is 3.61. The number of carbonyl (C=O) groups is 1. The van der Waals surface area contributed by atoms with Gasteiger partial charge in [-0.2, -0.15) is 0 Å². The second kappa shape index (κ2) is 6.77. The van der Waals surface area contributed by atoms with Crippen LogP contribution in [0.3, 0.4) is 0 Å². The molecule has 2 heterocycles. The van der Waals surface area contributed by atoms with Crippen LogP contribution >= 0.6 is 0 Å². The maximum absolute atomic E-state index is 11.3. The van der Waals surface area contributed by atoms with Crippen LogP contribution in [-0.4, -0.2) is 23.0 Å². The fraction of sp³-hybridized carbons (Fsp3) is 0.267. The Kier molecular flexibility index (Phi) is 4.79. The van der Waals surface area contributed by atoms with Crippen LogP contribution in [0.15, 0.2) is 42.7 Å². The Bertz CT molecular complexity index is 555. The van der Waals surface area contributed by atoms with E-state index in [1.165, 1.54) is 13.3 Å². The molecule has 0 aliphatic heterocycles. The van der Waals surface area contributed by atoms with E-state index in [0.29, 0.717) is 12.1 Å². The Balaban J connectivity index is 1.93. The molecule has 0 radical (unpaired) electrons. The van der Waals surface area contributed by atoms with Gasteiger partial charge in [0, 0.05) is 25.0 Å². The highest BCUT2D eigenvalue weighted by Gasteiger charge is 2.08. The normalized spacial score (nSPS) is 11.9. The van der Waals surface area contributed by atoms with Gasteiger partial charge in [-0.1, -0.05) is 6.07 Å². The summed E-state index contributed by atoms with van der Waals surface area (Å²) in [4.78, 5) is 19.8. The van der Waals surface area contributed by atoms with Crippen molar-refractivity contribution < 1.29 is 9.53 Å². The number of hydrogen-bond acceptors (Lipinski definition) is 5. The maximum Gasteiger partial charge on any atom is 0.339 e. The van der Waals surface area contributed by atoms with Crippen molar-refractivity contribution in [1.82, 2.24) is 15.3 Å². The molecule has 0 aromatic carbocycles. The molecule has 2 rings (SSSR count). The summed E-state index contributed by atoms with van der Waals surface area (Å²) < 4.78 is 4.63. The molecular formula is C15H17N3O2. The molecule has 0 saturated heterocycles. The summed E-state index contributed by atoms with van der Waals surface area (Å²) in [5.41, 5.74) is 2.30. The van der Waals surface area contributed by atoms with E-state index in [9.17, 15) is 4.79 Å². The molecular weight excluding hydrogens is 254 g/mol. The van der Waals surface area contributed by atoms with Gasteiger partial charge in [0.15, 0.2) is 0 Å². The molecule has 0 amide bonds. The van der Waals surface area contributed by atoms with Gasteiger partial charge in [0.1, 0.15) is 0 Å². The number of ether oxygens (including phenoxy) is 1. The molecule has 1 atom stereocenters. The second-order valence-corrected chi connectivity index (χ2v) is 4.39. The lowest BCUT2D eigenvalue weighted by atomic mass is 10.2. The van der Waals surface area contributed by atoms with Crippen molar-refractivity contribution in [3.8, 4) is 0 Å². The number of esters is 1. The fourth-order valence-electron chi connectivity index (χ4n) is 1.76. The Morgan fingerprint density at radius 1 is 1.30 bits per heavy atom. The summed E-state index contributed by atoms with van der Waals surface area (Å²) in [7, 11) is 1.35. The number of rotatable bonds is 5. The first-order valence-electron chi connectivity index (χ1n) is 6.38. The van der Waals surface area contributed by atoms with Crippen LogP contribution in [0.5, 0.6) is 0 Å². The monoisotopic (exact) mass is 271 g/mol. The number of hydrogen-bond donors (Lipinski definition) is 1. The van der Waals surface area contributed by atoms with Gasteiger partial charge in [-0.25, -0.2) is 4.79 Å². The van der Waals surface area contributed by atoms with Crippen molar-refractivity contribution in [3.63, 3.8) is 0 Å². The van der Waals surface area contributed by atoms with Gasteiger partial charge in [-0.15, -0.1) is 0 Å². The first kappa shape index (κ1) is 14.1. The number of pyridine rings is 2. The lowest BCUT2D eigenvalue weighted by Gasteiger charge is -2.12. The standard InChI is InChI=1S/C15H17N3O2/c1-11(14-5-3-4-8-16-14)17-10-13-7-6-12(9-18-13)15(19)20-2/h3-9,11,17H,10H2,1-2H3. The predicted octanol–water partition coefficient (Wildman–Crippen LogP) is 2.11. The molecule has 5 nitrogen and oxygen atoms in total. The number of nitrogens with zero attached hydrogens (tertiary/aromatic N) is 2. The van der Waals surface area contributed by atoms with E-state index >= 15 is 0 Å². The molecule has 0 spiro atoms. The number of nitrogens with one attached hydrogen (secondary N) is 1. The smallest absolute Gasteiger partial charge is 0.339 e. The first-order valence-corrected chi connectivity index (χ1v) is 6.38. The average molecular weight is 271 g/mol. The highest BCUT2D eigenvalue weighted by atomic mass is 16.5. The maximum atomic E-state index is 11.3. The van der Waals surface area contributed by atoms with Crippen molar-refractivity contribution >= 4 is 5.97 Å². The zero-order valence-corrected chi connectivity index (χ0v) is 11.5. The number of methoxy groups -OCH3 is 1. The molecule has 104 valence electrons. The molecule has 0 aliphatic carbocycles. The topological polar surface area (TPSA) is 64.1 Å². The van der Waals surface area contributed by atoms with Crippen LogP contribution in [0.1, 0.15) is 34.7 Å². The third-order valence-corrected chi connectivity index (χ3v) is 2.97. The van der Waals surface area contributed by atoms with E-state index in [-0.39, 0.29) is 12.0 Å². The molecule has 0 aliphatic rings. The van der Waals surface area contributed by atoms with Crippen LogP contribution in [0.4, 0.5) is 0 Å². The molecule has 5 heteroatoms. The van der Waals surface area contributed by atoms with E-state index in [0.717, 1.165) is 11.4 Å². The quantitative estimate of drug-likeness (QED) is 0.844. The van der Waals surface area contributed by atoms with Gasteiger partial charge < -0.3 is 10.1 Å². The van der Waals surface area contributed by atoms with Crippen LogP contribution < -0.4 is 5.32 Å². The minimum Gasteiger partial charge on any atom is -0.465 e. The zero-order valence-electron chi connectivity index (χ0n) is 11.5. The van der Waals surface area contributed by atoms with Crippen LogP contribution in [0.25, 0.3) is 0 Å². The van der Waals surface area contributed by atoms with E-state index in [2.05, 4.69) is 20.0 Å². The van der Waals surface area contributed by atoms with E-state index in [1.807, 2.05) is 31.2 Å². The van der Waals surface area contributed by atoms with Gasteiger partial charge in [0.2, 0.25) is 0 Å². The van der Waals surface area contributed by atoms with Crippen molar-refractivity contribution in [3.05, 3.63) is 59.7 Å². The highest BCUT2D eigenvalue weighted by molar-refractivity contribution is 5.88. The molecule has 0 bridgehead atoms. The molecule has 0 fully saturated rings. The van der Waals surface area contributed by atoms with Crippen molar-refractivity contribution in [2.24, 2.45) is 0 Å². The van der Waals surface area contributed by atoms with Crippen LogP contribution in [-0.2, 0) is 11.3 Å². The Labute approximate surface area is 118 Å². The Morgan fingerprint density at radius 3 is 2.75 bits per heavy atom. The average Bonchev–Trinajstić information content (AvgIpc) is 2.53. The second-order valence-electron chi connectivity index (χ2n) is 4.39. The van der Waals surface area contributed by atoms with Gasteiger partial charge in [0.25, 0.3) is 0 Å². The largest absolute Gasteiger partial charge is 0.465 e. The zero-order chi connectivity index (χ0) is 14.4. The summed E-state index contributed by atoms with van der Waals surface area (Å²) >= 11 is 0. The molecule has 2 aromatic heterocycles. The number of carbonyl (C=O) groups excluding carboxylic acids is 1. The van der Waals surface area contributed by atoms with Crippen LogP contribution in [0, 0.1) is 0 Å². The molecule has 1 N–H and O–H groups in total. The van der Waals surface area contributed by atoms with E-state index < -0.39 is 0 Å². The lowest BCUT2D eigenvalue weighted by molar-refractivity contribution is 0.0600. The highest BCUT2D eigenvalue weighted by Crippen LogP contribution is 2.09. The molecule has 1 unspecified atom stereocenters. The first-order chi connectivity index (χ1) is 9.70. The van der Waals surface area contributed by atoms with Crippen molar-refractivity contribution in [2.45, 2.75) is 19.5 Å². The predicted molar refractivity (Wildman–Crippen MR) is 75.1 cm³/mol.